The smallest absolute Gasteiger partial charge is 0.346 e. The van der Waals surface area contributed by atoms with Crippen molar-refractivity contribution in [3.63, 3.8) is 0 Å². The summed E-state index contributed by atoms with van der Waals surface area (Å²) >= 11 is 3.30. The second-order valence-corrected chi connectivity index (χ2v) is 11.3. The number of hydrogen-bond acceptors (Lipinski definition) is 15. The molecule has 0 aliphatic carbocycles. The molecule has 2 aliphatic rings. The van der Waals surface area contributed by atoms with Gasteiger partial charge in [0.1, 0.15) is 18.0 Å². The molecule has 2 amide bonds. The van der Waals surface area contributed by atoms with E-state index in [-0.39, 0.29) is 47.3 Å². The van der Waals surface area contributed by atoms with E-state index in [1.54, 1.807) is 17.6 Å². The topological polar surface area (TPSA) is 232 Å². The van der Waals surface area contributed by atoms with E-state index >= 15 is 0 Å². The van der Waals surface area contributed by atoms with Crippen LogP contribution in [0.5, 0.6) is 0 Å². The highest BCUT2D eigenvalue weighted by atomic mass is 32.2. The van der Waals surface area contributed by atoms with E-state index in [1.807, 2.05) is 6.92 Å². The Morgan fingerprint density at radius 2 is 2.13 bits per heavy atom. The molecular formula is C20H26N10O5S3. The van der Waals surface area contributed by atoms with Crippen LogP contribution in [0.4, 0.5) is 16.9 Å². The van der Waals surface area contributed by atoms with E-state index in [1.165, 1.54) is 28.4 Å². The van der Waals surface area contributed by atoms with E-state index in [0.29, 0.717) is 17.4 Å². The molecule has 2 aromatic rings. The van der Waals surface area contributed by atoms with Crippen LogP contribution in [0.15, 0.2) is 16.2 Å². The molecule has 4 heterocycles. The molecule has 4 rings (SSSR count). The normalized spacial score (nSPS) is 22.9. The zero-order chi connectivity index (χ0) is 27.6. The van der Waals surface area contributed by atoms with E-state index < -0.39 is 34.6 Å². The van der Waals surface area contributed by atoms with Crippen molar-refractivity contribution < 1.29 is 28.9 Å². The molecule has 0 bridgehead atoms. The van der Waals surface area contributed by atoms with Crippen LogP contribution in [0.1, 0.15) is 19.7 Å². The minimum absolute atomic E-state index is 0.0216. The van der Waals surface area contributed by atoms with Gasteiger partial charge in [0, 0.05) is 41.1 Å². The van der Waals surface area contributed by atoms with Gasteiger partial charge in [0.05, 0.1) is 12.5 Å². The first-order valence-electron chi connectivity index (χ1n) is 11.4. The average molecular weight is 583 g/mol. The maximum absolute atomic E-state index is 13.0. The van der Waals surface area contributed by atoms with Crippen molar-refractivity contribution in [2.45, 2.75) is 36.8 Å². The summed E-state index contributed by atoms with van der Waals surface area (Å²) in [6.45, 7) is 4.22. The molecule has 15 nitrogen and oxygen atoms in total. The standard InChI is InChI=1S/C20H26N10O5S3/c1-3-29-9(21)5-10(24-18(29)22)36-7-20(17(33)34)6-30-15(32)12(16(30)37-8-20)25-14(31)11(27-35-4-2)13-26-19(23)38-28-13/h5,12,16H,3-4,6-8H2,1-2H3,(H7,21,22,23,24,25,26,28,31,33,34)/t12-,16-,20?/m1/s1. The number of carboxylic acid groups (broad SMARTS) is 1. The van der Waals surface area contributed by atoms with Crippen molar-refractivity contribution in [1.82, 2.24) is 24.6 Å². The number of fused-ring (bicyclic) bond motifs is 1. The van der Waals surface area contributed by atoms with Crippen LogP contribution in [0.25, 0.3) is 0 Å². The highest BCUT2D eigenvalue weighted by Gasteiger charge is 2.55. The van der Waals surface area contributed by atoms with Gasteiger partial charge in [0.15, 0.2) is 16.0 Å². The molecular weight excluding hydrogens is 556 g/mol. The van der Waals surface area contributed by atoms with E-state index in [4.69, 9.17) is 22.0 Å². The van der Waals surface area contributed by atoms with Gasteiger partial charge in [-0.15, -0.1) is 16.7 Å². The van der Waals surface area contributed by atoms with Crippen molar-refractivity contribution in [1.29, 1.82) is 0 Å². The minimum atomic E-state index is -1.35. The molecule has 1 unspecified atom stereocenters. The number of carbonyl (C=O) groups excluding carboxylic acids is 3. The van der Waals surface area contributed by atoms with Crippen LogP contribution in [0.3, 0.4) is 0 Å². The number of hydrogen-bond donors (Lipinski definition) is 4. The molecule has 2 aliphatic heterocycles. The number of anilines is 3. The van der Waals surface area contributed by atoms with Gasteiger partial charge in [-0.1, -0.05) is 16.9 Å². The summed E-state index contributed by atoms with van der Waals surface area (Å²) in [6.07, 6.45) is 0. The number of rotatable bonds is 10. The lowest BCUT2D eigenvalue weighted by Gasteiger charge is -2.55. The molecule has 0 aromatic carbocycles. The minimum Gasteiger partial charge on any atom is -0.549 e. The highest BCUT2D eigenvalue weighted by Crippen LogP contribution is 2.44. The molecule has 2 saturated heterocycles. The number of nitrogens with two attached hydrogens (primary N) is 3. The number of nitrogen functional groups attached to an aromatic ring is 3. The Kier molecular flexibility index (Phi) is 8.12. The second kappa shape index (κ2) is 11.2. The number of oxime groups is 1. The molecule has 3 atom stereocenters. The molecule has 0 spiro atoms. The first kappa shape index (κ1) is 27.6. The quantitative estimate of drug-likeness (QED) is 0.0575. The fourth-order valence-corrected chi connectivity index (χ4v) is 7.12. The third-order valence-corrected chi connectivity index (χ3v) is 9.25. The van der Waals surface area contributed by atoms with Crippen LogP contribution in [-0.2, 0) is 25.8 Å². The first-order chi connectivity index (χ1) is 18.1. The summed E-state index contributed by atoms with van der Waals surface area (Å²) in [7, 11) is 0. The number of β-lactam (4-membered cyclic amide) rings is 1. The van der Waals surface area contributed by atoms with E-state index in [0.717, 1.165) is 11.5 Å². The maximum atomic E-state index is 13.0. The van der Waals surface area contributed by atoms with Crippen molar-refractivity contribution in [3.05, 3.63) is 11.9 Å². The molecule has 204 valence electrons. The summed E-state index contributed by atoms with van der Waals surface area (Å²) in [6, 6.07) is 0.737. The number of nitrogens with one attached hydrogen (secondary N) is 1. The van der Waals surface area contributed by atoms with Crippen molar-refractivity contribution in [2.24, 2.45) is 10.6 Å². The van der Waals surface area contributed by atoms with Crippen LogP contribution >= 0.6 is 35.1 Å². The van der Waals surface area contributed by atoms with Gasteiger partial charge in [-0.05, 0) is 13.8 Å². The average Bonchev–Trinajstić information content (AvgIpc) is 3.31. The number of nitrogens with zero attached hydrogens (tertiary/aromatic N) is 6. The summed E-state index contributed by atoms with van der Waals surface area (Å²) < 4.78 is 5.60. The van der Waals surface area contributed by atoms with E-state index in [9.17, 15) is 19.5 Å². The molecule has 0 saturated carbocycles. The Morgan fingerprint density at radius 1 is 1.37 bits per heavy atom. The molecule has 7 N–H and O–H groups in total. The van der Waals surface area contributed by atoms with Gasteiger partial charge in [-0.2, -0.15) is 9.36 Å². The zero-order valence-corrected chi connectivity index (χ0v) is 22.9. The predicted octanol–water partition coefficient (Wildman–Crippen LogP) is -2.34. The number of amides is 2. The third kappa shape index (κ3) is 5.28. The summed E-state index contributed by atoms with van der Waals surface area (Å²) in [4.78, 5) is 52.8. The molecule has 2 aromatic heterocycles. The monoisotopic (exact) mass is 582 g/mol. The Bertz CT molecular complexity index is 1270. The van der Waals surface area contributed by atoms with Gasteiger partial charge in [0.2, 0.25) is 17.4 Å². The largest absolute Gasteiger partial charge is 0.549 e. The van der Waals surface area contributed by atoms with Crippen molar-refractivity contribution in [3.8, 4) is 0 Å². The number of carboxylic acids is 1. The second-order valence-electron chi connectivity index (χ2n) is 8.41. The lowest BCUT2D eigenvalue weighted by atomic mass is 9.89. The summed E-state index contributed by atoms with van der Waals surface area (Å²) in [5, 5.41) is 18.8. The van der Waals surface area contributed by atoms with Crippen molar-refractivity contribution in [2.75, 3.05) is 41.9 Å². The van der Waals surface area contributed by atoms with Crippen LogP contribution < -0.4 is 32.2 Å². The van der Waals surface area contributed by atoms with Gasteiger partial charge >= 0.3 is 5.95 Å². The Hall–Kier alpha value is -3.38. The lowest BCUT2D eigenvalue weighted by molar-refractivity contribution is -0.667. The Balaban J connectivity index is 1.44. The number of carbonyl (C=O) groups is 3. The number of aliphatic carboxylic acids is 1. The molecule has 2 fully saturated rings. The highest BCUT2D eigenvalue weighted by molar-refractivity contribution is 8.00. The maximum Gasteiger partial charge on any atom is 0.346 e. The Morgan fingerprint density at radius 3 is 2.74 bits per heavy atom. The van der Waals surface area contributed by atoms with Gasteiger partial charge < -0.3 is 42.2 Å². The number of thioether (sulfide) groups is 2. The zero-order valence-electron chi connectivity index (χ0n) is 20.4. The molecule has 0 radical (unpaired) electrons. The lowest BCUT2D eigenvalue weighted by Crippen LogP contribution is -2.75. The molecule has 38 heavy (non-hydrogen) atoms. The van der Waals surface area contributed by atoms with Crippen LogP contribution in [0.2, 0.25) is 0 Å². The van der Waals surface area contributed by atoms with Crippen molar-refractivity contribution >= 4 is 75.4 Å². The third-order valence-electron chi connectivity index (χ3n) is 5.91. The van der Waals surface area contributed by atoms with E-state index in [2.05, 4.69) is 24.8 Å². The van der Waals surface area contributed by atoms with Gasteiger partial charge in [0.25, 0.3) is 5.91 Å². The van der Waals surface area contributed by atoms with Gasteiger partial charge in [-0.3, -0.25) is 9.59 Å². The number of aromatic nitrogens is 4. The summed E-state index contributed by atoms with van der Waals surface area (Å²) in [5.41, 5.74) is 16.0. The Labute approximate surface area is 229 Å². The first-order valence-corrected chi connectivity index (χ1v) is 14.2. The predicted molar refractivity (Wildman–Crippen MR) is 139 cm³/mol. The summed E-state index contributed by atoms with van der Waals surface area (Å²) in [5.74, 6) is -1.58. The van der Waals surface area contributed by atoms with Gasteiger partial charge in [-0.25, -0.2) is 4.57 Å². The van der Waals surface area contributed by atoms with Crippen LogP contribution in [0, 0.1) is 5.41 Å². The fourth-order valence-electron chi connectivity index (χ4n) is 3.92. The molecule has 18 heteroatoms. The SMILES string of the molecule is CCON=C(C(=O)N[C@@H]1C(=O)N2CC(CSc3cc(N)[n+](CC)c(N)n3)(C(=O)[O-])CS[C@H]12)c1nsc(N)n1. The van der Waals surface area contributed by atoms with Crippen LogP contribution in [-0.4, -0.2) is 78.8 Å². The fraction of sp³-hybridized carbons (Fsp3) is 0.500.